The average molecular weight is 451 g/mol. The Morgan fingerprint density at radius 1 is 0.935 bits per heavy atom. The van der Waals surface area contributed by atoms with Gasteiger partial charge < -0.3 is 14.0 Å². The zero-order chi connectivity index (χ0) is 23.6. The molecule has 1 heterocycles. The number of esters is 1. The number of carbonyl (C=O) groups excluding carboxylic acids is 2. The van der Waals surface area contributed by atoms with Gasteiger partial charge in [0.25, 0.3) is 0 Å². The second kappa shape index (κ2) is 9.13. The van der Waals surface area contributed by atoms with Crippen molar-refractivity contribution in [3.05, 3.63) is 57.9 Å². The highest BCUT2D eigenvalue weighted by molar-refractivity contribution is 6.00. The van der Waals surface area contributed by atoms with Gasteiger partial charge in [-0.15, -0.1) is 0 Å². The van der Waals surface area contributed by atoms with Crippen molar-refractivity contribution in [1.29, 1.82) is 0 Å². The Morgan fingerprint density at radius 3 is 1.97 bits per heavy atom. The van der Waals surface area contributed by atoms with Gasteiger partial charge in [-0.2, -0.15) is 26.3 Å². The smallest absolute Gasteiger partial charge is 0.416 e. The third-order valence-electron chi connectivity index (χ3n) is 4.55. The van der Waals surface area contributed by atoms with Crippen molar-refractivity contribution >= 4 is 11.8 Å². The number of rotatable bonds is 7. The lowest BCUT2D eigenvalue weighted by Crippen LogP contribution is -2.18. The van der Waals surface area contributed by atoms with Crippen LogP contribution in [0.2, 0.25) is 0 Å². The van der Waals surface area contributed by atoms with Crippen LogP contribution in [0.25, 0.3) is 0 Å². The molecule has 31 heavy (non-hydrogen) atoms. The molecule has 1 aromatic carbocycles. The number of ketones is 1. The van der Waals surface area contributed by atoms with Gasteiger partial charge >= 0.3 is 18.3 Å². The maximum Gasteiger partial charge on any atom is 0.416 e. The van der Waals surface area contributed by atoms with E-state index in [0.29, 0.717) is 18.8 Å². The van der Waals surface area contributed by atoms with E-state index in [1.807, 2.05) is 0 Å². The maximum absolute atomic E-state index is 12.9. The molecule has 0 saturated heterocycles. The normalized spacial score (nSPS) is 12.2. The number of methoxy groups -OCH3 is 1. The third kappa shape index (κ3) is 5.87. The van der Waals surface area contributed by atoms with E-state index >= 15 is 0 Å². The number of aromatic nitrogens is 1. The van der Waals surface area contributed by atoms with Crippen molar-refractivity contribution in [2.24, 2.45) is 0 Å². The molecule has 2 rings (SSSR count). The summed E-state index contributed by atoms with van der Waals surface area (Å²) in [6, 6.07) is 1.95. The van der Waals surface area contributed by atoms with Gasteiger partial charge in [0.05, 0.1) is 23.3 Å². The summed E-state index contributed by atoms with van der Waals surface area (Å²) >= 11 is 0. The molecule has 0 fully saturated rings. The van der Waals surface area contributed by atoms with Gasteiger partial charge in [-0.25, -0.2) is 4.79 Å². The summed E-state index contributed by atoms with van der Waals surface area (Å²) in [6.45, 7) is 3.40. The molecular weight excluding hydrogens is 432 g/mol. The molecule has 0 bridgehead atoms. The predicted octanol–water partition coefficient (Wildman–Crippen LogP) is 4.83. The van der Waals surface area contributed by atoms with Crippen LogP contribution in [0.5, 0.6) is 0 Å². The van der Waals surface area contributed by atoms with Crippen molar-refractivity contribution in [2.75, 3.05) is 20.3 Å². The standard InChI is InChI=1S/C20H19F6NO4/c1-11-6-16(12(2)27(11)4-5-30-3)17(28)10-31-18(29)13-7-14(19(21,22)23)9-15(8-13)20(24,25)26/h6-9H,4-5,10H2,1-3H3. The first kappa shape index (κ1) is 24.4. The number of ether oxygens (including phenoxy) is 2. The fourth-order valence-corrected chi connectivity index (χ4v) is 2.98. The second-order valence-corrected chi connectivity index (χ2v) is 6.72. The van der Waals surface area contributed by atoms with Crippen LogP contribution in [0.4, 0.5) is 26.3 Å². The van der Waals surface area contributed by atoms with Crippen LogP contribution < -0.4 is 0 Å². The van der Waals surface area contributed by atoms with Gasteiger partial charge in [0.1, 0.15) is 0 Å². The summed E-state index contributed by atoms with van der Waals surface area (Å²) in [6.07, 6.45) is -10.2. The number of halogens is 6. The van der Waals surface area contributed by atoms with Crippen LogP contribution in [0.15, 0.2) is 24.3 Å². The van der Waals surface area contributed by atoms with Gasteiger partial charge in [0.15, 0.2) is 6.61 Å². The highest BCUT2D eigenvalue weighted by atomic mass is 19.4. The van der Waals surface area contributed by atoms with Crippen LogP contribution in [-0.4, -0.2) is 36.6 Å². The van der Waals surface area contributed by atoms with Crippen LogP contribution in [0.3, 0.4) is 0 Å². The van der Waals surface area contributed by atoms with Gasteiger partial charge in [0.2, 0.25) is 5.78 Å². The fraction of sp³-hybridized carbons (Fsp3) is 0.400. The van der Waals surface area contributed by atoms with Crippen LogP contribution >= 0.6 is 0 Å². The molecule has 11 heteroatoms. The van der Waals surface area contributed by atoms with E-state index in [-0.39, 0.29) is 23.8 Å². The molecule has 170 valence electrons. The molecule has 0 saturated carbocycles. The minimum atomic E-state index is -5.11. The van der Waals surface area contributed by atoms with Crippen LogP contribution in [-0.2, 0) is 28.4 Å². The Kier molecular flexibility index (Phi) is 7.20. The molecule has 0 spiro atoms. The number of hydrogen-bond acceptors (Lipinski definition) is 4. The zero-order valence-corrected chi connectivity index (χ0v) is 16.8. The molecule has 0 atom stereocenters. The molecule has 1 aromatic heterocycles. The Balaban J connectivity index is 2.22. The first-order valence-corrected chi connectivity index (χ1v) is 8.91. The highest BCUT2D eigenvalue weighted by Crippen LogP contribution is 2.36. The summed E-state index contributed by atoms with van der Waals surface area (Å²) in [7, 11) is 1.51. The van der Waals surface area contributed by atoms with E-state index in [2.05, 4.69) is 0 Å². The topological polar surface area (TPSA) is 57.5 Å². The lowest BCUT2D eigenvalue weighted by Gasteiger charge is -2.14. The van der Waals surface area contributed by atoms with Crippen LogP contribution in [0.1, 0.15) is 43.2 Å². The van der Waals surface area contributed by atoms with Gasteiger partial charge in [-0.1, -0.05) is 0 Å². The number of nitrogens with zero attached hydrogens (tertiary/aromatic N) is 1. The Labute approximate surface area is 173 Å². The lowest BCUT2D eigenvalue weighted by atomic mass is 10.0. The monoisotopic (exact) mass is 451 g/mol. The summed E-state index contributed by atoms with van der Waals surface area (Å²) < 4.78 is 89.0. The summed E-state index contributed by atoms with van der Waals surface area (Å²) in [5.41, 5.74) is -2.74. The van der Waals surface area contributed by atoms with E-state index in [4.69, 9.17) is 9.47 Å². The minimum Gasteiger partial charge on any atom is -0.454 e. The summed E-state index contributed by atoms with van der Waals surface area (Å²) in [5.74, 6) is -2.12. The van der Waals surface area contributed by atoms with Gasteiger partial charge in [-0.05, 0) is 38.1 Å². The predicted molar refractivity (Wildman–Crippen MR) is 96.8 cm³/mol. The van der Waals surface area contributed by atoms with Gasteiger partial charge in [-0.3, -0.25) is 4.79 Å². The average Bonchev–Trinajstić information content (AvgIpc) is 2.96. The number of aryl methyl sites for hydroxylation is 1. The third-order valence-corrected chi connectivity index (χ3v) is 4.55. The zero-order valence-electron chi connectivity index (χ0n) is 16.8. The fourth-order valence-electron chi connectivity index (χ4n) is 2.98. The molecule has 0 unspecified atom stereocenters. The molecular formula is C20H19F6NO4. The van der Waals surface area contributed by atoms with Gasteiger partial charge in [0, 0.05) is 30.6 Å². The first-order valence-electron chi connectivity index (χ1n) is 8.91. The van der Waals surface area contributed by atoms with E-state index < -0.39 is 47.4 Å². The molecule has 0 aliphatic heterocycles. The SMILES string of the molecule is COCCn1c(C)cc(C(=O)COC(=O)c2cc(C(F)(F)F)cc(C(F)(F)F)c2)c1C. The van der Waals surface area contributed by atoms with Crippen molar-refractivity contribution < 1.29 is 45.4 Å². The number of benzene rings is 1. The highest BCUT2D eigenvalue weighted by Gasteiger charge is 2.37. The van der Waals surface area contributed by atoms with Crippen molar-refractivity contribution in [3.8, 4) is 0 Å². The number of hydrogen-bond donors (Lipinski definition) is 0. The lowest BCUT2D eigenvalue weighted by molar-refractivity contribution is -0.143. The van der Waals surface area contributed by atoms with Crippen LogP contribution in [0, 0.1) is 13.8 Å². The quantitative estimate of drug-likeness (QED) is 0.344. The second-order valence-electron chi connectivity index (χ2n) is 6.72. The minimum absolute atomic E-state index is 0.100. The van der Waals surface area contributed by atoms with E-state index in [1.165, 1.54) is 7.11 Å². The van der Waals surface area contributed by atoms with Crippen molar-refractivity contribution in [2.45, 2.75) is 32.7 Å². The molecule has 0 aliphatic carbocycles. The number of carbonyl (C=O) groups is 2. The molecule has 0 radical (unpaired) electrons. The number of Topliss-reactive ketones (excluding diaryl/α,β-unsaturated/α-hetero) is 1. The van der Waals surface area contributed by atoms with Crippen molar-refractivity contribution in [1.82, 2.24) is 4.57 Å². The van der Waals surface area contributed by atoms with E-state index in [0.717, 1.165) is 5.69 Å². The Morgan fingerprint density at radius 2 is 1.48 bits per heavy atom. The maximum atomic E-state index is 12.9. The summed E-state index contributed by atoms with van der Waals surface area (Å²) in [4.78, 5) is 24.5. The summed E-state index contributed by atoms with van der Waals surface area (Å²) in [5, 5.41) is 0. The Bertz CT molecular complexity index is 943. The molecule has 2 aromatic rings. The first-order chi connectivity index (χ1) is 14.3. The largest absolute Gasteiger partial charge is 0.454 e. The van der Waals surface area contributed by atoms with Crippen molar-refractivity contribution in [3.63, 3.8) is 0 Å². The molecule has 0 amide bonds. The Hall–Kier alpha value is -2.82. The number of alkyl halides is 6. The molecule has 5 nitrogen and oxygen atoms in total. The van der Waals surface area contributed by atoms with E-state index in [1.54, 1.807) is 24.5 Å². The molecule has 0 N–H and O–H groups in total. The molecule has 0 aliphatic rings. The van der Waals surface area contributed by atoms with E-state index in [9.17, 15) is 35.9 Å².